The number of hydrogen-bond donors (Lipinski definition) is 0. The summed E-state index contributed by atoms with van der Waals surface area (Å²) in [5, 5.41) is 11.4. The summed E-state index contributed by atoms with van der Waals surface area (Å²) in [4.78, 5) is 31.6. The summed E-state index contributed by atoms with van der Waals surface area (Å²) in [5.74, 6) is -0.340. The SMILES string of the molecule is CCN(CC)CCN(C(=O)c1ccc([N+](=O)[O-])o1)c1nc2cc(OC)ccc2s1. The van der Waals surface area contributed by atoms with Crippen molar-refractivity contribution in [2.45, 2.75) is 13.8 Å². The number of nitrogens with zero attached hydrogens (tertiary/aromatic N) is 4. The van der Waals surface area contributed by atoms with Gasteiger partial charge in [0.05, 0.1) is 23.4 Å². The number of benzene rings is 1. The van der Waals surface area contributed by atoms with Crippen LogP contribution < -0.4 is 9.64 Å². The van der Waals surface area contributed by atoms with Gasteiger partial charge >= 0.3 is 5.88 Å². The Hall–Kier alpha value is -2.98. The first-order chi connectivity index (χ1) is 14.0. The number of hydrogen-bond acceptors (Lipinski definition) is 8. The molecule has 0 radical (unpaired) electrons. The summed E-state index contributed by atoms with van der Waals surface area (Å²) in [7, 11) is 1.58. The Morgan fingerprint density at radius 2 is 2.00 bits per heavy atom. The van der Waals surface area contributed by atoms with Crippen LogP contribution in [0.4, 0.5) is 11.0 Å². The number of rotatable bonds is 9. The van der Waals surface area contributed by atoms with Crippen molar-refractivity contribution in [2.75, 3.05) is 38.2 Å². The number of carbonyl (C=O) groups excluding carboxylic acids is 1. The quantitative estimate of drug-likeness (QED) is 0.385. The van der Waals surface area contributed by atoms with Crippen LogP contribution in [-0.2, 0) is 0 Å². The van der Waals surface area contributed by atoms with Crippen LogP contribution in [0.1, 0.15) is 24.4 Å². The fourth-order valence-corrected chi connectivity index (χ4v) is 3.85. The number of furan rings is 1. The van der Waals surface area contributed by atoms with Crippen LogP contribution in [0, 0.1) is 10.1 Å². The minimum atomic E-state index is -0.666. The van der Waals surface area contributed by atoms with Crippen molar-refractivity contribution in [1.82, 2.24) is 9.88 Å². The molecule has 0 aliphatic carbocycles. The number of likely N-dealkylation sites (N-methyl/N-ethyl adjacent to an activating group) is 1. The number of carbonyl (C=O) groups is 1. The van der Waals surface area contributed by atoms with Gasteiger partial charge in [0.1, 0.15) is 10.7 Å². The highest BCUT2D eigenvalue weighted by Crippen LogP contribution is 2.32. The molecule has 2 aromatic heterocycles. The number of methoxy groups -OCH3 is 1. The molecular weight excluding hydrogens is 396 g/mol. The Balaban J connectivity index is 1.95. The molecule has 0 unspecified atom stereocenters. The van der Waals surface area contributed by atoms with E-state index < -0.39 is 16.7 Å². The zero-order valence-corrected chi connectivity index (χ0v) is 17.3. The van der Waals surface area contributed by atoms with E-state index in [-0.39, 0.29) is 5.76 Å². The van der Waals surface area contributed by atoms with E-state index in [9.17, 15) is 14.9 Å². The molecule has 1 aromatic carbocycles. The second-order valence-electron chi connectivity index (χ2n) is 6.21. The van der Waals surface area contributed by atoms with Crippen molar-refractivity contribution in [3.05, 3.63) is 46.2 Å². The second-order valence-corrected chi connectivity index (χ2v) is 7.22. The lowest BCUT2D eigenvalue weighted by atomic mass is 10.3. The molecule has 0 saturated heterocycles. The van der Waals surface area contributed by atoms with E-state index in [1.165, 1.54) is 28.4 Å². The second kappa shape index (κ2) is 9.01. The molecule has 29 heavy (non-hydrogen) atoms. The molecule has 0 N–H and O–H groups in total. The average Bonchev–Trinajstić information content (AvgIpc) is 3.37. The molecule has 0 bridgehead atoms. The van der Waals surface area contributed by atoms with Crippen molar-refractivity contribution in [1.29, 1.82) is 0 Å². The molecular formula is C19H22N4O5S. The molecule has 2 heterocycles. The number of thiazole rings is 1. The summed E-state index contributed by atoms with van der Waals surface area (Å²) in [6.45, 7) is 6.82. The zero-order valence-electron chi connectivity index (χ0n) is 16.5. The first-order valence-electron chi connectivity index (χ1n) is 9.19. The molecule has 9 nitrogen and oxygen atoms in total. The highest BCUT2D eigenvalue weighted by atomic mass is 32.1. The molecule has 0 atom stereocenters. The fourth-order valence-electron chi connectivity index (χ4n) is 2.88. The number of nitro groups is 1. The van der Waals surface area contributed by atoms with Crippen LogP contribution in [0.2, 0.25) is 0 Å². The molecule has 3 aromatic rings. The van der Waals surface area contributed by atoms with Crippen molar-refractivity contribution in [3.8, 4) is 5.75 Å². The van der Waals surface area contributed by atoms with Crippen LogP contribution >= 0.6 is 11.3 Å². The molecule has 0 aliphatic heterocycles. The van der Waals surface area contributed by atoms with Gasteiger partial charge in [-0.25, -0.2) is 4.98 Å². The summed E-state index contributed by atoms with van der Waals surface area (Å²) in [5.41, 5.74) is 0.718. The lowest BCUT2D eigenvalue weighted by molar-refractivity contribution is -0.402. The largest absolute Gasteiger partial charge is 0.497 e. The first-order valence-corrected chi connectivity index (χ1v) is 10.0. The number of aromatic nitrogens is 1. The van der Waals surface area contributed by atoms with Gasteiger partial charge in [-0.3, -0.25) is 19.8 Å². The zero-order chi connectivity index (χ0) is 21.0. The third-order valence-electron chi connectivity index (χ3n) is 4.58. The Morgan fingerprint density at radius 1 is 1.24 bits per heavy atom. The van der Waals surface area contributed by atoms with Gasteiger partial charge in [0.2, 0.25) is 0 Å². The number of ether oxygens (including phenoxy) is 1. The predicted octanol–water partition coefficient (Wildman–Crippen LogP) is 3.79. The normalized spacial score (nSPS) is 11.2. The maximum Gasteiger partial charge on any atom is 0.433 e. The van der Waals surface area contributed by atoms with Gasteiger partial charge in [-0.15, -0.1) is 0 Å². The van der Waals surface area contributed by atoms with E-state index in [1.807, 2.05) is 12.1 Å². The summed E-state index contributed by atoms with van der Waals surface area (Å²) < 4.78 is 11.3. The Bertz CT molecular complexity index is 1010. The van der Waals surface area contributed by atoms with E-state index in [2.05, 4.69) is 23.7 Å². The van der Waals surface area contributed by atoms with Gasteiger partial charge < -0.3 is 14.1 Å². The van der Waals surface area contributed by atoms with Crippen LogP contribution in [-0.4, -0.2) is 54.0 Å². The minimum Gasteiger partial charge on any atom is -0.497 e. The van der Waals surface area contributed by atoms with Gasteiger partial charge in [-0.2, -0.15) is 0 Å². The number of amides is 1. The smallest absolute Gasteiger partial charge is 0.433 e. The third-order valence-corrected chi connectivity index (χ3v) is 5.64. The van der Waals surface area contributed by atoms with Crippen molar-refractivity contribution < 1.29 is 18.9 Å². The molecule has 0 aliphatic rings. The highest BCUT2D eigenvalue weighted by Gasteiger charge is 2.26. The van der Waals surface area contributed by atoms with E-state index in [4.69, 9.17) is 9.15 Å². The van der Waals surface area contributed by atoms with Crippen LogP contribution in [0.15, 0.2) is 34.7 Å². The van der Waals surface area contributed by atoms with E-state index >= 15 is 0 Å². The van der Waals surface area contributed by atoms with Gasteiger partial charge in [-0.1, -0.05) is 25.2 Å². The maximum atomic E-state index is 13.1. The third kappa shape index (κ3) is 4.54. The Kier molecular flexibility index (Phi) is 6.45. The minimum absolute atomic E-state index is 0.0897. The highest BCUT2D eigenvalue weighted by molar-refractivity contribution is 7.22. The molecule has 10 heteroatoms. The Morgan fingerprint density at radius 3 is 2.62 bits per heavy atom. The summed E-state index contributed by atoms with van der Waals surface area (Å²) >= 11 is 1.37. The van der Waals surface area contributed by atoms with Gasteiger partial charge in [0.25, 0.3) is 5.91 Å². The standard InChI is InChI=1S/C19H22N4O5S/c1-4-21(5-2)10-11-22(18(24)15-7-9-17(28-15)23(25)26)19-20-14-12-13(27-3)6-8-16(14)29-19/h6-9,12H,4-5,10-11H2,1-3H3. The lowest BCUT2D eigenvalue weighted by Crippen LogP contribution is -2.38. The van der Waals surface area contributed by atoms with Crippen molar-refractivity contribution >= 4 is 38.5 Å². The average molecular weight is 418 g/mol. The topological polar surface area (TPSA) is 102 Å². The van der Waals surface area contributed by atoms with Gasteiger partial charge in [0, 0.05) is 19.2 Å². The number of fused-ring (bicyclic) bond motifs is 1. The molecule has 0 fully saturated rings. The van der Waals surface area contributed by atoms with Crippen molar-refractivity contribution in [3.63, 3.8) is 0 Å². The fraction of sp³-hybridized carbons (Fsp3) is 0.368. The summed E-state index contributed by atoms with van der Waals surface area (Å²) in [6, 6.07) is 8.03. The van der Waals surface area contributed by atoms with Crippen LogP contribution in [0.3, 0.4) is 0 Å². The molecule has 154 valence electrons. The predicted molar refractivity (Wildman–Crippen MR) is 111 cm³/mol. The molecule has 1 amide bonds. The van der Waals surface area contributed by atoms with E-state index in [0.29, 0.717) is 24.0 Å². The van der Waals surface area contributed by atoms with Crippen molar-refractivity contribution in [2.24, 2.45) is 0 Å². The Labute approximate surface area is 171 Å². The summed E-state index contributed by atoms with van der Waals surface area (Å²) in [6.07, 6.45) is 0. The van der Waals surface area contributed by atoms with E-state index in [0.717, 1.165) is 23.3 Å². The van der Waals surface area contributed by atoms with Gasteiger partial charge in [0.15, 0.2) is 10.9 Å². The monoisotopic (exact) mass is 418 g/mol. The van der Waals surface area contributed by atoms with E-state index in [1.54, 1.807) is 13.2 Å². The molecule has 0 saturated carbocycles. The molecule has 3 rings (SSSR count). The first kappa shape index (κ1) is 20.7. The maximum absolute atomic E-state index is 13.1. The lowest BCUT2D eigenvalue weighted by Gasteiger charge is -2.23. The molecule has 0 spiro atoms. The van der Waals surface area contributed by atoms with Crippen LogP contribution in [0.25, 0.3) is 10.2 Å². The van der Waals surface area contributed by atoms with Crippen LogP contribution in [0.5, 0.6) is 5.75 Å². The number of anilines is 1. The van der Waals surface area contributed by atoms with Gasteiger partial charge in [-0.05, 0) is 31.3 Å².